The number of benzene rings is 3. The number of aromatic hydroxyl groups is 1. The topological polar surface area (TPSA) is 29.5 Å². The minimum absolute atomic E-state index is 0.223. The second-order valence-electron chi connectivity index (χ2n) is 4.44. The normalized spacial score (nSPS) is 12.0. The van der Waals surface area contributed by atoms with E-state index in [-0.39, 0.29) is 5.75 Å². The van der Waals surface area contributed by atoms with Gasteiger partial charge in [0.2, 0.25) is 0 Å². The molecule has 0 atom stereocenters. The maximum absolute atomic E-state index is 9.55. The van der Waals surface area contributed by atoms with E-state index in [1.165, 1.54) is 5.39 Å². The second kappa shape index (κ2) is 3.26. The summed E-state index contributed by atoms with van der Waals surface area (Å²) < 4.78 is 5.87. The van der Waals surface area contributed by atoms with Crippen molar-refractivity contribution >= 4 is 10.8 Å². The average Bonchev–Trinajstić information content (AvgIpc) is 2.39. The first-order valence-electron chi connectivity index (χ1n) is 5.86. The molecular formula is C16H10O2. The van der Waals surface area contributed by atoms with Gasteiger partial charge in [0.25, 0.3) is 0 Å². The summed E-state index contributed by atoms with van der Waals surface area (Å²) in [6, 6.07) is 17.5. The van der Waals surface area contributed by atoms with Gasteiger partial charge in [0.15, 0.2) is 0 Å². The highest BCUT2D eigenvalue weighted by atomic mass is 16.5. The molecule has 0 aliphatic carbocycles. The van der Waals surface area contributed by atoms with Crippen molar-refractivity contribution in [2.75, 3.05) is 0 Å². The van der Waals surface area contributed by atoms with Crippen LogP contribution in [-0.2, 0) is 0 Å². The molecule has 1 aliphatic rings. The number of hydrogen-bond acceptors (Lipinski definition) is 2. The minimum atomic E-state index is 0.223. The third-order valence-electron chi connectivity index (χ3n) is 3.34. The molecule has 0 aromatic heterocycles. The van der Waals surface area contributed by atoms with E-state index in [0.717, 1.165) is 22.3 Å². The van der Waals surface area contributed by atoms with E-state index in [9.17, 15) is 5.11 Å². The Labute approximate surface area is 104 Å². The standard InChI is InChI=1S/C16H10O2/c17-11-7-8-12-13-5-1-3-10-4-2-6-14(16(10)13)18-15(12)9-11/h1-9,17H. The fraction of sp³-hybridized carbons (Fsp3) is 0. The molecule has 0 fully saturated rings. The molecule has 1 heterocycles. The van der Waals surface area contributed by atoms with Gasteiger partial charge in [0, 0.05) is 17.0 Å². The summed E-state index contributed by atoms with van der Waals surface area (Å²) in [6.07, 6.45) is 0. The molecule has 2 heteroatoms. The number of rotatable bonds is 0. The van der Waals surface area contributed by atoms with Crippen molar-refractivity contribution in [1.29, 1.82) is 0 Å². The molecule has 86 valence electrons. The molecule has 2 nitrogen and oxygen atoms in total. The molecule has 0 bridgehead atoms. The van der Waals surface area contributed by atoms with Crippen LogP contribution in [-0.4, -0.2) is 5.11 Å². The summed E-state index contributed by atoms with van der Waals surface area (Å²) in [4.78, 5) is 0. The molecule has 0 saturated carbocycles. The minimum Gasteiger partial charge on any atom is -0.508 e. The summed E-state index contributed by atoms with van der Waals surface area (Å²) in [7, 11) is 0. The zero-order valence-corrected chi connectivity index (χ0v) is 9.55. The number of ether oxygens (including phenoxy) is 1. The maximum atomic E-state index is 9.55. The highest BCUT2D eigenvalue weighted by molar-refractivity contribution is 6.04. The second-order valence-corrected chi connectivity index (χ2v) is 4.44. The first-order chi connectivity index (χ1) is 8.83. The highest BCUT2D eigenvalue weighted by Gasteiger charge is 2.19. The van der Waals surface area contributed by atoms with Crippen molar-refractivity contribution in [1.82, 2.24) is 0 Å². The van der Waals surface area contributed by atoms with Gasteiger partial charge in [-0.15, -0.1) is 0 Å². The van der Waals surface area contributed by atoms with E-state index in [0.29, 0.717) is 5.75 Å². The highest BCUT2D eigenvalue weighted by Crippen LogP contribution is 2.46. The third kappa shape index (κ3) is 1.17. The summed E-state index contributed by atoms with van der Waals surface area (Å²) in [5.74, 6) is 1.78. The predicted molar refractivity (Wildman–Crippen MR) is 71.1 cm³/mol. The van der Waals surface area contributed by atoms with Crippen LogP contribution in [0.3, 0.4) is 0 Å². The van der Waals surface area contributed by atoms with Crippen LogP contribution in [0.1, 0.15) is 0 Å². The Morgan fingerprint density at radius 1 is 0.778 bits per heavy atom. The summed E-state index contributed by atoms with van der Waals surface area (Å²) in [5, 5.41) is 11.9. The first kappa shape index (κ1) is 9.54. The van der Waals surface area contributed by atoms with Crippen LogP contribution in [0.4, 0.5) is 0 Å². The lowest BCUT2D eigenvalue weighted by molar-refractivity contribution is 0.457. The Balaban J connectivity index is 2.17. The number of phenolic OH excluding ortho intramolecular Hbond substituents is 1. The Morgan fingerprint density at radius 2 is 1.61 bits per heavy atom. The number of phenols is 1. The van der Waals surface area contributed by atoms with E-state index in [1.54, 1.807) is 12.1 Å². The largest absolute Gasteiger partial charge is 0.508 e. The van der Waals surface area contributed by atoms with Crippen molar-refractivity contribution in [2.45, 2.75) is 0 Å². The zero-order valence-electron chi connectivity index (χ0n) is 9.55. The van der Waals surface area contributed by atoms with Gasteiger partial charge >= 0.3 is 0 Å². The molecule has 0 unspecified atom stereocenters. The summed E-state index contributed by atoms with van der Waals surface area (Å²) in [6.45, 7) is 0. The van der Waals surface area contributed by atoms with Gasteiger partial charge in [-0.1, -0.05) is 30.3 Å². The van der Waals surface area contributed by atoms with E-state index in [2.05, 4.69) is 18.2 Å². The monoisotopic (exact) mass is 234 g/mol. The number of fused-ring (bicyclic) bond motifs is 2. The van der Waals surface area contributed by atoms with E-state index < -0.39 is 0 Å². The van der Waals surface area contributed by atoms with Crippen molar-refractivity contribution in [3.8, 4) is 28.4 Å². The van der Waals surface area contributed by atoms with Crippen molar-refractivity contribution in [2.24, 2.45) is 0 Å². The van der Waals surface area contributed by atoms with E-state index in [1.807, 2.05) is 24.3 Å². The summed E-state index contributed by atoms with van der Waals surface area (Å²) in [5.41, 5.74) is 2.18. The van der Waals surface area contributed by atoms with Crippen molar-refractivity contribution in [3.05, 3.63) is 54.6 Å². The SMILES string of the molecule is Oc1ccc2c(c1)Oc1cccc3cccc-2c13. The fourth-order valence-electron chi connectivity index (χ4n) is 2.55. The Kier molecular flexibility index (Phi) is 1.73. The maximum Gasteiger partial charge on any atom is 0.138 e. The summed E-state index contributed by atoms with van der Waals surface area (Å²) >= 11 is 0. The van der Waals surface area contributed by atoms with Crippen molar-refractivity contribution < 1.29 is 9.84 Å². The van der Waals surface area contributed by atoms with Crippen LogP contribution >= 0.6 is 0 Å². The molecule has 18 heavy (non-hydrogen) atoms. The van der Waals surface area contributed by atoms with Gasteiger partial charge in [-0.25, -0.2) is 0 Å². The van der Waals surface area contributed by atoms with Gasteiger partial charge in [-0.05, 0) is 29.1 Å². The molecule has 1 aliphatic heterocycles. The van der Waals surface area contributed by atoms with Gasteiger partial charge in [-0.2, -0.15) is 0 Å². The Bertz CT molecular complexity index is 770. The van der Waals surface area contributed by atoms with Gasteiger partial charge in [-0.3, -0.25) is 0 Å². The van der Waals surface area contributed by atoms with E-state index in [4.69, 9.17) is 4.74 Å². The van der Waals surface area contributed by atoms with Crippen LogP contribution in [0, 0.1) is 0 Å². The van der Waals surface area contributed by atoms with Crippen molar-refractivity contribution in [3.63, 3.8) is 0 Å². The number of hydrogen-bond donors (Lipinski definition) is 1. The van der Waals surface area contributed by atoms with Crippen LogP contribution in [0.25, 0.3) is 21.9 Å². The van der Waals surface area contributed by atoms with Gasteiger partial charge < -0.3 is 9.84 Å². The van der Waals surface area contributed by atoms with Crippen LogP contribution in [0.15, 0.2) is 54.6 Å². The Hall–Kier alpha value is -2.48. The molecule has 0 amide bonds. The zero-order chi connectivity index (χ0) is 12.1. The first-order valence-corrected chi connectivity index (χ1v) is 5.86. The third-order valence-corrected chi connectivity index (χ3v) is 3.34. The lowest BCUT2D eigenvalue weighted by atomic mass is 9.95. The molecule has 1 N–H and O–H groups in total. The molecule has 0 radical (unpaired) electrons. The van der Waals surface area contributed by atoms with E-state index >= 15 is 0 Å². The smallest absolute Gasteiger partial charge is 0.138 e. The molecule has 0 saturated heterocycles. The molecular weight excluding hydrogens is 224 g/mol. The lowest BCUT2D eigenvalue weighted by Gasteiger charge is -2.21. The van der Waals surface area contributed by atoms with Crippen LogP contribution in [0.2, 0.25) is 0 Å². The Morgan fingerprint density at radius 3 is 2.50 bits per heavy atom. The van der Waals surface area contributed by atoms with Gasteiger partial charge in [0.05, 0.1) is 0 Å². The molecule has 0 spiro atoms. The quantitative estimate of drug-likeness (QED) is 0.491. The fourth-order valence-corrected chi connectivity index (χ4v) is 2.55. The predicted octanol–water partition coefficient (Wildman–Crippen LogP) is 4.32. The van der Waals surface area contributed by atoms with Gasteiger partial charge in [0.1, 0.15) is 17.2 Å². The van der Waals surface area contributed by atoms with Crippen LogP contribution < -0.4 is 4.74 Å². The lowest BCUT2D eigenvalue weighted by Crippen LogP contribution is -1.96. The average molecular weight is 234 g/mol. The molecule has 4 rings (SSSR count). The molecule has 3 aromatic rings. The van der Waals surface area contributed by atoms with Crippen LogP contribution in [0.5, 0.6) is 17.2 Å². The molecule has 3 aromatic carbocycles.